The van der Waals surface area contributed by atoms with Gasteiger partial charge in [-0.25, -0.2) is 0 Å². The standard InChI is InChI=1S/C15H22O2S/c1-5-6-10-17-14(16)15(3,4)18-13-9-7-8-12(2)11-13/h7-9,11H,5-6,10H2,1-4H3. The molecular formula is C15H22O2S. The first-order valence-electron chi connectivity index (χ1n) is 6.38. The average molecular weight is 266 g/mol. The Morgan fingerprint density at radius 2 is 2.11 bits per heavy atom. The highest BCUT2D eigenvalue weighted by Crippen LogP contribution is 2.33. The molecule has 3 heteroatoms. The quantitative estimate of drug-likeness (QED) is 0.438. The van der Waals surface area contributed by atoms with Gasteiger partial charge in [0, 0.05) is 4.90 Å². The van der Waals surface area contributed by atoms with E-state index in [0.29, 0.717) is 6.61 Å². The highest BCUT2D eigenvalue weighted by atomic mass is 32.2. The van der Waals surface area contributed by atoms with Crippen molar-refractivity contribution in [1.82, 2.24) is 0 Å². The third-order valence-electron chi connectivity index (χ3n) is 2.59. The van der Waals surface area contributed by atoms with Gasteiger partial charge in [0.25, 0.3) is 0 Å². The molecular weight excluding hydrogens is 244 g/mol. The van der Waals surface area contributed by atoms with Crippen molar-refractivity contribution in [2.24, 2.45) is 0 Å². The van der Waals surface area contributed by atoms with Crippen LogP contribution in [0.3, 0.4) is 0 Å². The molecule has 1 aromatic carbocycles. The van der Waals surface area contributed by atoms with E-state index in [0.717, 1.165) is 17.7 Å². The van der Waals surface area contributed by atoms with E-state index in [2.05, 4.69) is 26.0 Å². The fraction of sp³-hybridized carbons (Fsp3) is 0.533. The van der Waals surface area contributed by atoms with Crippen LogP contribution in [0, 0.1) is 6.92 Å². The van der Waals surface area contributed by atoms with Crippen molar-refractivity contribution in [3.63, 3.8) is 0 Å². The molecule has 2 nitrogen and oxygen atoms in total. The van der Waals surface area contributed by atoms with Gasteiger partial charge in [0.2, 0.25) is 0 Å². The summed E-state index contributed by atoms with van der Waals surface area (Å²) in [5.74, 6) is -0.137. The number of hydrogen-bond acceptors (Lipinski definition) is 3. The molecule has 0 aliphatic heterocycles. The van der Waals surface area contributed by atoms with Gasteiger partial charge in [-0.05, 0) is 39.3 Å². The van der Waals surface area contributed by atoms with Crippen LogP contribution in [0.4, 0.5) is 0 Å². The van der Waals surface area contributed by atoms with Crippen molar-refractivity contribution in [2.75, 3.05) is 6.61 Å². The van der Waals surface area contributed by atoms with Crippen molar-refractivity contribution < 1.29 is 9.53 Å². The third-order valence-corrected chi connectivity index (χ3v) is 3.75. The Morgan fingerprint density at radius 3 is 2.72 bits per heavy atom. The van der Waals surface area contributed by atoms with Crippen molar-refractivity contribution in [3.05, 3.63) is 29.8 Å². The first kappa shape index (κ1) is 15.1. The summed E-state index contributed by atoms with van der Waals surface area (Å²) in [6.07, 6.45) is 1.97. The van der Waals surface area contributed by atoms with E-state index in [1.54, 1.807) is 11.8 Å². The second-order valence-corrected chi connectivity index (χ2v) is 6.61. The van der Waals surface area contributed by atoms with Crippen LogP contribution in [-0.2, 0) is 9.53 Å². The van der Waals surface area contributed by atoms with Gasteiger partial charge in [-0.15, -0.1) is 11.8 Å². The number of esters is 1. The Balaban J connectivity index is 2.60. The van der Waals surface area contributed by atoms with Crippen molar-refractivity contribution in [2.45, 2.75) is 50.2 Å². The normalized spacial score (nSPS) is 11.3. The molecule has 0 unspecified atom stereocenters. The summed E-state index contributed by atoms with van der Waals surface area (Å²) in [5, 5.41) is 0. The molecule has 0 spiro atoms. The summed E-state index contributed by atoms with van der Waals surface area (Å²) in [5.41, 5.74) is 1.20. The average Bonchev–Trinajstić information content (AvgIpc) is 2.28. The zero-order valence-corrected chi connectivity index (χ0v) is 12.5. The number of benzene rings is 1. The molecule has 0 aromatic heterocycles. The fourth-order valence-electron chi connectivity index (χ4n) is 1.50. The Kier molecular flexibility index (Phi) is 5.73. The van der Waals surface area contributed by atoms with Gasteiger partial charge >= 0.3 is 5.97 Å². The lowest BCUT2D eigenvalue weighted by molar-refractivity contribution is -0.145. The monoisotopic (exact) mass is 266 g/mol. The van der Waals surface area contributed by atoms with Gasteiger partial charge in [-0.2, -0.15) is 0 Å². The van der Waals surface area contributed by atoms with Crippen LogP contribution in [0.15, 0.2) is 29.2 Å². The van der Waals surface area contributed by atoms with E-state index < -0.39 is 4.75 Å². The van der Waals surface area contributed by atoms with Gasteiger partial charge < -0.3 is 4.74 Å². The number of carbonyl (C=O) groups excluding carboxylic acids is 1. The topological polar surface area (TPSA) is 26.3 Å². The highest BCUT2D eigenvalue weighted by Gasteiger charge is 2.30. The van der Waals surface area contributed by atoms with E-state index in [4.69, 9.17) is 4.74 Å². The van der Waals surface area contributed by atoms with Crippen LogP contribution in [-0.4, -0.2) is 17.3 Å². The molecule has 0 saturated heterocycles. The largest absolute Gasteiger partial charge is 0.465 e. The third kappa shape index (κ3) is 4.73. The predicted octanol–water partition coefficient (Wildman–Crippen LogP) is 4.21. The van der Waals surface area contributed by atoms with Crippen LogP contribution in [0.25, 0.3) is 0 Å². The van der Waals surface area contributed by atoms with Gasteiger partial charge in [0.05, 0.1) is 6.61 Å². The SMILES string of the molecule is CCCCOC(=O)C(C)(C)Sc1cccc(C)c1. The van der Waals surface area contributed by atoms with Crippen LogP contribution >= 0.6 is 11.8 Å². The number of unbranched alkanes of at least 4 members (excludes halogenated alkanes) is 1. The molecule has 1 aromatic rings. The minimum absolute atomic E-state index is 0.137. The summed E-state index contributed by atoms with van der Waals surface area (Å²) in [4.78, 5) is 13.1. The predicted molar refractivity (Wildman–Crippen MR) is 77.0 cm³/mol. The first-order valence-corrected chi connectivity index (χ1v) is 7.20. The summed E-state index contributed by atoms with van der Waals surface area (Å²) in [7, 11) is 0. The smallest absolute Gasteiger partial charge is 0.321 e. The fourth-order valence-corrected chi connectivity index (χ4v) is 2.62. The van der Waals surface area contributed by atoms with Crippen LogP contribution in [0.1, 0.15) is 39.2 Å². The first-order chi connectivity index (χ1) is 8.45. The van der Waals surface area contributed by atoms with Crippen LogP contribution in [0.5, 0.6) is 0 Å². The number of rotatable bonds is 6. The molecule has 18 heavy (non-hydrogen) atoms. The summed E-state index contributed by atoms with van der Waals surface area (Å²) < 4.78 is 4.75. The lowest BCUT2D eigenvalue weighted by Gasteiger charge is -2.22. The van der Waals surface area contributed by atoms with Crippen LogP contribution in [0.2, 0.25) is 0 Å². The Morgan fingerprint density at radius 1 is 1.39 bits per heavy atom. The van der Waals surface area contributed by atoms with Crippen LogP contribution < -0.4 is 0 Å². The molecule has 0 heterocycles. The minimum Gasteiger partial charge on any atom is -0.465 e. The molecule has 0 aliphatic rings. The van der Waals surface area contributed by atoms with Gasteiger partial charge in [-0.1, -0.05) is 31.0 Å². The molecule has 0 aliphatic carbocycles. The van der Waals surface area contributed by atoms with Crippen molar-refractivity contribution >= 4 is 17.7 Å². The van der Waals surface area contributed by atoms with E-state index in [1.165, 1.54) is 5.56 Å². The van der Waals surface area contributed by atoms with E-state index in [1.807, 2.05) is 26.0 Å². The zero-order chi connectivity index (χ0) is 13.6. The van der Waals surface area contributed by atoms with E-state index in [-0.39, 0.29) is 5.97 Å². The highest BCUT2D eigenvalue weighted by molar-refractivity contribution is 8.01. The Hall–Kier alpha value is -0.960. The molecule has 0 N–H and O–H groups in total. The van der Waals surface area contributed by atoms with Gasteiger partial charge in [0.15, 0.2) is 0 Å². The van der Waals surface area contributed by atoms with Crippen molar-refractivity contribution in [1.29, 1.82) is 0 Å². The minimum atomic E-state index is -0.540. The second kappa shape index (κ2) is 6.83. The number of hydrogen-bond donors (Lipinski definition) is 0. The number of aryl methyl sites for hydroxylation is 1. The van der Waals surface area contributed by atoms with E-state index >= 15 is 0 Å². The molecule has 0 amide bonds. The Bertz CT molecular complexity index is 399. The molecule has 0 bridgehead atoms. The maximum atomic E-state index is 12.0. The molecule has 0 fully saturated rings. The Labute approximate surface area is 114 Å². The summed E-state index contributed by atoms with van der Waals surface area (Å²) in [6, 6.07) is 8.18. The van der Waals surface area contributed by atoms with Crippen molar-refractivity contribution in [3.8, 4) is 0 Å². The summed E-state index contributed by atoms with van der Waals surface area (Å²) in [6.45, 7) is 8.48. The zero-order valence-electron chi connectivity index (χ0n) is 11.7. The molecule has 0 atom stereocenters. The molecule has 0 radical (unpaired) electrons. The molecule has 0 saturated carbocycles. The van der Waals surface area contributed by atoms with Gasteiger partial charge in [0.1, 0.15) is 4.75 Å². The van der Waals surface area contributed by atoms with E-state index in [9.17, 15) is 4.79 Å². The molecule has 100 valence electrons. The number of carbonyl (C=O) groups is 1. The summed E-state index contributed by atoms with van der Waals surface area (Å²) >= 11 is 1.55. The lowest BCUT2D eigenvalue weighted by Crippen LogP contribution is -2.30. The van der Waals surface area contributed by atoms with Gasteiger partial charge in [-0.3, -0.25) is 4.79 Å². The molecule has 1 rings (SSSR count). The maximum Gasteiger partial charge on any atom is 0.321 e. The lowest BCUT2D eigenvalue weighted by atomic mass is 10.2. The number of ether oxygens (including phenoxy) is 1. The second-order valence-electron chi connectivity index (χ2n) is 4.92. The number of thioether (sulfide) groups is 1. The maximum absolute atomic E-state index is 12.0.